The highest BCUT2D eigenvalue weighted by molar-refractivity contribution is 6.06. The van der Waals surface area contributed by atoms with Crippen LogP contribution >= 0.6 is 0 Å². The number of rotatable bonds is 5. The Hall–Kier alpha value is -3.03. The maximum atomic E-state index is 12.9. The molecule has 1 atom stereocenters. The second kappa shape index (κ2) is 6.84. The second-order valence-corrected chi connectivity index (χ2v) is 5.87. The number of amides is 2. The first-order valence-corrected chi connectivity index (χ1v) is 7.83. The van der Waals surface area contributed by atoms with E-state index in [1.54, 1.807) is 13.8 Å². The summed E-state index contributed by atoms with van der Waals surface area (Å²) in [5.74, 6) is -0.0525. The highest BCUT2D eigenvalue weighted by Crippen LogP contribution is 2.22. The average molecular weight is 344 g/mol. The van der Waals surface area contributed by atoms with Crippen LogP contribution in [0.25, 0.3) is 0 Å². The highest BCUT2D eigenvalue weighted by Gasteiger charge is 2.40. The van der Waals surface area contributed by atoms with Gasteiger partial charge in [-0.2, -0.15) is 4.98 Å². The van der Waals surface area contributed by atoms with Gasteiger partial charge in [0.15, 0.2) is 0 Å². The van der Waals surface area contributed by atoms with Gasteiger partial charge in [-0.3, -0.25) is 14.5 Å². The number of nitrogens with zero attached hydrogens (tertiary/aromatic N) is 3. The van der Waals surface area contributed by atoms with Crippen LogP contribution in [0.3, 0.4) is 0 Å². The molecule has 1 aromatic heterocycles. The molecule has 2 heterocycles. The monoisotopic (exact) mass is 344 g/mol. The van der Waals surface area contributed by atoms with Gasteiger partial charge in [0, 0.05) is 18.3 Å². The van der Waals surface area contributed by atoms with Crippen molar-refractivity contribution in [3.63, 3.8) is 0 Å². The molecule has 1 aliphatic heterocycles. The third-order valence-corrected chi connectivity index (χ3v) is 3.67. The number of carbonyl (C=O) groups is 2. The summed E-state index contributed by atoms with van der Waals surface area (Å²) < 4.78 is 18.4. The van der Waals surface area contributed by atoms with E-state index in [4.69, 9.17) is 4.74 Å². The number of benzene rings is 1. The lowest BCUT2D eigenvalue weighted by atomic mass is 10.2. The van der Waals surface area contributed by atoms with Crippen molar-refractivity contribution >= 4 is 17.8 Å². The van der Waals surface area contributed by atoms with Crippen LogP contribution in [0.5, 0.6) is 11.6 Å². The molecule has 8 heteroatoms. The summed E-state index contributed by atoms with van der Waals surface area (Å²) in [6.45, 7) is 3.57. The van der Waals surface area contributed by atoms with Crippen molar-refractivity contribution in [3.8, 4) is 11.6 Å². The Balaban J connectivity index is 1.71. The standard InChI is InChI=1S/C17H17FN4O3/c1-10(2)22-15(23)9-13(16(22)24)20-17-19-8-7-14(21-17)25-12-5-3-11(18)4-6-12/h3-8,10,13H,9H2,1-2H3,(H,19,20,21). The van der Waals surface area contributed by atoms with Gasteiger partial charge in [0.05, 0.1) is 6.42 Å². The summed E-state index contributed by atoms with van der Waals surface area (Å²) in [4.78, 5) is 33.7. The fourth-order valence-electron chi connectivity index (χ4n) is 2.55. The molecule has 0 radical (unpaired) electrons. The number of hydrogen-bond donors (Lipinski definition) is 1. The van der Waals surface area contributed by atoms with E-state index in [0.29, 0.717) is 5.75 Å². The molecule has 0 aliphatic carbocycles. The van der Waals surface area contributed by atoms with Crippen molar-refractivity contribution < 1.29 is 18.7 Å². The molecule has 130 valence electrons. The molecule has 1 fully saturated rings. The molecule has 1 aromatic carbocycles. The van der Waals surface area contributed by atoms with E-state index in [9.17, 15) is 14.0 Å². The Morgan fingerprint density at radius 2 is 1.96 bits per heavy atom. The second-order valence-electron chi connectivity index (χ2n) is 5.87. The van der Waals surface area contributed by atoms with Crippen molar-refractivity contribution in [1.82, 2.24) is 14.9 Å². The fraction of sp³-hybridized carbons (Fsp3) is 0.294. The zero-order chi connectivity index (χ0) is 18.0. The number of hydrogen-bond acceptors (Lipinski definition) is 6. The first-order valence-electron chi connectivity index (χ1n) is 7.83. The molecule has 1 unspecified atom stereocenters. The van der Waals surface area contributed by atoms with Crippen LogP contribution < -0.4 is 10.1 Å². The van der Waals surface area contributed by atoms with Gasteiger partial charge in [-0.1, -0.05) is 0 Å². The van der Waals surface area contributed by atoms with Crippen molar-refractivity contribution in [2.45, 2.75) is 32.4 Å². The first kappa shape index (κ1) is 16.8. The SMILES string of the molecule is CC(C)N1C(=O)CC(Nc2nccc(Oc3ccc(F)cc3)n2)C1=O. The van der Waals surface area contributed by atoms with Gasteiger partial charge in [-0.05, 0) is 38.1 Å². The minimum Gasteiger partial charge on any atom is -0.439 e. The maximum Gasteiger partial charge on any atom is 0.252 e. The lowest BCUT2D eigenvalue weighted by Gasteiger charge is -2.19. The summed E-state index contributed by atoms with van der Waals surface area (Å²) in [7, 11) is 0. The number of likely N-dealkylation sites (tertiary alicyclic amines) is 1. The lowest BCUT2D eigenvalue weighted by Crippen LogP contribution is -2.39. The summed E-state index contributed by atoms with van der Waals surface area (Å²) in [5, 5.41) is 2.87. The van der Waals surface area contributed by atoms with Gasteiger partial charge in [0.2, 0.25) is 17.7 Å². The van der Waals surface area contributed by atoms with Gasteiger partial charge < -0.3 is 10.1 Å². The molecule has 1 aliphatic rings. The summed E-state index contributed by atoms with van der Waals surface area (Å²) in [5.41, 5.74) is 0. The number of nitrogens with one attached hydrogen (secondary N) is 1. The van der Waals surface area contributed by atoms with E-state index >= 15 is 0 Å². The molecule has 0 spiro atoms. The minimum absolute atomic E-state index is 0.0589. The van der Waals surface area contributed by atoms with Gasteiger partial charge in [-0.15, -0.1) is 0 Å². The molecule has 3 rings (SSSR count). The molecular formula is C17H17FN4O3. The number of halogens is 1. The van der Waals surface area contributed by atoms with Crippen LogP contribution in [0.15, 0.2) is 36.5 Å². The quantitative estimate of drug-likeness (QED) is 0.838. The van der Waals surface area contributed by atoms with Crippen LogP contribution in [-0.4, -0.2) is 38.8 Å². The third kappa shape index (κ3) is 3.73. The van der Waals surface area contributed by atoms with Crippen LogP contribution in [0.2, 0.25) is 0 Å². The average Bonchev–Trinajstić information content (AvgIpc) is 2.84. The van der Waals surface area contributed by atoms with Crippen LogP contribution in [-0.2, 0) is 9.59 Å². The van der Waals surface area contributed by atoms with Crippen LogP contribution in [0.1, 0.15) is 20.3 Å². The van der Waals surface area contributed by atoms with E-state index in [0.717, 1.165) is 0 Å². The smallest absolute Gasteiger partial charge is 0.252 e. The van der Waals surface area contributed by atoms with Crippen molar-refractivity contribution in [2.75, 3.05) is 5.32 Å². The van der Waals surface area contributed by atoms with Crippen molar-refractivity contribution in [2.24, 2.45) is 0 Å². The number of ether oxygens (including phenoxy) is 1. The zero-order valence-corrected chi connectivity index (χ0v) is 13.8. The topological polar surface area (TPSA) is 84.4 Å². The molecule has 0 saturated carbocycles. The molecule has 7 nitrogen and oxygen atoms in total. The normalized spacial score (nSPS) is 17.3. The summed E-state index contributed by atoms with van der Waals surface area (Å²) in [6.07, 6.45) is 1.53. The number of anilines is 1. The Labute approximate surface area is 143 Å². The van der Waals surface area contributed by atoms with Crippen molar-refractivity contribution in [1.29, 1.82) is 0 Å². The Kier molecular flexibility index (Phi) is 4.60. The van der Waals surface area contributed by atoms with Gasteiger partial charge in [0.1, 0.15) is 17.6 Å². The molecule has 2 amide bonds. The maximum absolute atomic E-state index is 12.9. The number of aromatic nitrogens is 2. The van der Waals surface area contributed by atoms with E-state index < -0.39 is 6.04 Å². The number of carbonyl (C=O) groups excluding carboxylic acids is 2. The molecule has 25 heavy (non-hydrogen) atoms. The molecular weight excluding hydrogens is 327 g/mol. The molecule has 2 aromatic rings. The first-order chi connectivity index (χ1) is 11.9. The van der Waals surface area contributed by atoms with Gasteiger partial charge in [-0.25, -0.2) is 9.37 Å². The lowest BCUT2D eigenvalue weighted by molar-refractivity contribution is -0.140. The Bertz CT molecular complexity index is 795. The van der Waals surface area contributed by atoms with E-state index in [-0.39, 0.29) is 41.9 Å². The fourth-order valence-corrected chi connectivity index (χ4v) is 2.55. The van der Waals surface area contributed by atoms with Crippen molar-refractivity contribution in [3.05, 3.63) is 42.3 Å². The summed E-state index contributed by atoms with van der Waals surface area (Å²) in [6, 6.07) is 6.15. The molecule has 1 N–H and O–H groups in total. The van der Waals surface area contributed by atoms with E-state index in [2.05, 4.69) is 15.3 Å². The summed E-state index contributed by atoms with van der Waals surface area (Å²) >= 11 is 0. The van der Waals surface area contributed by atoms with E-state index in [1.165, 1.54) is 41.4 Å². The van der Waals surface area contributed by atoms with E-state index in [1.807, 2.05) is 0 Å². The number of imide groups is 1. The Morgan fingerprint density at radius 1 is 1.24 bits per heavy atom. The predicted octanol–water partition coefficient (Wildman–Crippen LogP) is 2.36. The Morgan fingerprint density at radius 3 is 2.60 bits per heavy atom. The van der Waals surface area contributed by atoms with Crippen LogP contribution in [0.4, 0.5) is 10.3 Å². The van der Waals surface area contributed by atoms with Gasteiger partial charge >= 0.3 is 0 Å². The minimum atomic E-state index is -0.698. The highest BCUT2D eigenvalue weighted by atomic mass is 19.1. The van der Waals surface area contributed by atoms with Gasteiger partial charge in [0.25, 0.3) is 5.91 Å². The molecule has 0 bridgehead atoms. The largest absolute Gasteiger partial charge is 0.439 e. The van der Waals surface area contributed by atoms with Crippen LogP contribution in [0, 0.1) is 5.82 Å². The zero-order valence-electron chi connectivity index (χ0n) is 13.8. The third-order valence-electron chi connectivity index (χ3n) is 3.67. The molecule has 1 saturated heterocycles. The predicted molar refractivity (Wildman–Crippen MR) is 87.5 cm³/mol.